The monoisotopic (exact) mass is 350 g/mol. The van der Waals surface area contributed by atoms with Gasteiger partial charge in [0.05, 0.1) is 10.5 Å². The second-order valence-corrected chi connectivity index (χ2v) is 5.24. The lowest BCUT2D eigenvalue weighted by atomic mass is 10.1. The molecular formula is C14H11BrN2O4. The van der Waals surface area contributed by atoms with E-state index in [-0.39, 0.29) is 16.9 Å². The molecule has 0 bridgehead atoms. The summed E-state index contributed by atoms with van der Waals surface area (Å²) in [6.07, 6.45) is 0. The van der Waals surface area contributed by atoms with Gasteiger partial charge in [-0.05, 0) is 42.8 Å². The molecule has 7 heteroatoms. The van der Waals surface area contributed by atoms with Crippen LogP contribution < -0.4 is 5.32 Å². The number of nitro benzene ring substituents is 1. The van der Waals surface area contributed by atoms with Crippen LogP contribution >= 0.6 is 15.9 Å². The molecule has 0 spiro atoms. The highest BCUT2D eigenvalue weighted by Crippen LogP contribution is 2.30. The van der Waals surface area contributed by atoms with Crippen LogP contribution in [0, 0.1) is 17.0 Å². The maximum absolute atomic E-state index is 11.1. The summed E-state index contributed by atoms with van der Waals surface area (Å²) < 4.78 is 0.934. The predicted octanol–water partition coefficient (Wildman–Crippen LogP) is 4.11. The van der Waals surface area contributed by atoms with E-state index in [0.29, 0.717) is 5.69 Å². The van der Waals surface area contributed by atoms with Crippen LogP contribution in [0.15, 0.2) is 40.9 Å². The van der Waals surface area contributed by atoms with Gasteiger partial charge >= 0.3 is 5.97 Å². The molecule has 2 rings (SSSR count). The quantitative estimate of drug-likeness (QED) is 0.639. The summed E-state index contributed by atoms with van der Waals surface area (Å²) in [5.74, 6) is -1.20. The van der Waals surface area contributed by atoms with Crippen molar-refractivity contribution >= 4 is 39.0 Å². The maximum Gasteiger partial charge on any atom is 0.335 e. The Morgan fingerprint density at radius 2 is 2.00 bits per heavy atom. The fraction of sp³-hybridized carbons (Fsp3) is 0.0714. The summed E-state index contributed by atoms with van der Waals surface area (Å²) in [6.45, 7) is 1.90. The first-order valence-electron chi connectivity index (χ1n) is 5.93. The number of nitrogens with zero attached hydrogens (tertiary/aromatic N) is 1. The Bertz CT molecular complexity index is 731. The van der Waals surface area contributed by atoms with E-state index in [2.05, 4.69) is 21.2 Å². The van der Waals surface area contributed by atoms with Crippen molar-refractivity contribution in [2.75, 3.05) is 5.32 Å². The average Bonchev–Trinajstić information content (AvgIpc) is 2.43. The first-order valence-corrected chi connectivity index (χ1v) is 6.72. The molecule has 0 atom stereocenters. The minimum absolute atomic E-state index is 0.126. The number of carboxylic acid groups (broad SMARTS) is 1. The molecule has 0 fully saturated rings. The smallest absolute Gasteiger partial charge is 0.335 e. The number of carbonyl (C=O) groups is 1. The van der Waals surface area contributed by atoms with Crippen LogP contribution in [-0.2, 0) is 0 Å². The lowest BCUT2D eigenvalue weighted by molar-refractivity contribution is -0.383. The van der Waals surface area contributed by atoms with E-state index in [1.54, 1.807) is 6.07 Å². The van der Waals surface area contributed by atoms with Gasteiger partial charge < -0.3 is 10.4 Å². The molecule has 6 nitrogen and oxygen atoms in total. The topological polar surface area (TPSA) is 92.5 Å². The van der Waals surface area contributed by atoms with Gasteiger partial charge in [-0.3, -0.25) is 10.1 Å². The van der Waals surface area contributed by atoms with Crippen molar-refractivity contribution in [2.24, 2.45) is 0 Å². The van der Waals surface area contributed by atoms with Crippen molar-refractivity contribution < 1.29 is 14.8 Å². The molecule has 2 N–H and O–H groups in total. The molecule has 2 aromatic rings. The van der Waals surface area contributed by atoms with Crippen LogP contribution in [0.2, 0.25) is 0 Å². The van der Waals surface area contributed by atoms with Gasteiger partial charge in [0.1, 0.15) is 5.69 Å². The van der Waals surface area contributed by atoms with Crippen LogP contribution in [0.1, 0.15) is 15.9 Å². The Kier molecular flexibility index (Phi) is 4.23. The Balaban J connectivity index is 2.41. The van der Waals surface area contributed by atoms with Gasteiger partial charge in [0.15, 0.2) is 0 Å². The number of nitrogens with one attached hydrogen (secondary N) is 1. The van der Waals surface area contributed by atoms with Gasteiger partial charge in [0.25, 0.3) is 5.69 Å². The first kappa shape index (κ1) is 15.0. The Morgan fingerprint density at radius 1 is 1.29 bits per heavy atom. The molecule has 0 saturated heterocycles. The molecule has 0 aliphatic rings. The van der Waals surface area contributed by atoms with E-state index in [0.717, 1.165) is 16.1 Å². The molecule has 0 amide bonds. The number of benzene rings is 2. The summed E-state index contributed by atoms with van der Waals surface area (Å²) in [5, 5.41) is 22.9. The third-order valence-corrected chi connectivity index (χ3v) is 3.77. The van der Waals surface area contributed by atoms with Crippen molar-refractivity contribution in [3.05, 3.63) is 62.1 Å². The molecule has 0 radical (unpaired) electrons. The van der Waals surface area contributed by atoms with E-state index < -0.39 is 10.9 Å². The lowest BCUT2D eigenvalue weighted by Gasteiger charge is -2.09. The average molecular weight is 351 g/mol. The number of hydrogen-bond acceptors (Lipinski definition) is 4. The highest BCUT2D eigenvalue weighted by molar-refractivity contribution is 9.10. The predicted molar refractivity (Wildman–Crippen MR) is 82.2 cm³/mol. The number of rotatable bonds is 4. The van der Waals surface area contributed by atoms with Crippen molar-refractivity contribution in [1.82, 2.24) is 0 Å². The van der Waals surface area contributed by atoms with Crippen LogP contribution in [0.4, 0.5) is 17.1 Å². The second kappa shape index (κ2) is 5.92. The highest BCUT2D eigenvalue weighted by Gasteiger charge is 2.17. The van der Waals surface area contributed by atoms with Gasteiger partial charge in [-0.2, -0.15) is 0 Å². The number of anilines is 2. The van der Waals surface area contributed by atoms with E-state index >= 15 is 0 Å². The van der Waals surface area contributed by atoms with Crippen LogP contribution in [0.3, 0.4) is 0 Å². The van der Waals surface area contributed by atoms with Gasteiger partial charge in [-0.15, -0.1) is 0 Å². The summed E-state index contributed by atoms with van der Waals surface area (Å²) in [4.78, 5) is 21.3. The zero-order valence-corrected chi connectivity index (χ0v) is 12.5. The number of nitro groups is 1. The number of aromatic carboxylic acids is 1. The molecule has 0 unspecified atom stereocenters. The molecule has 0 aliphatic carbocycles. The summed E-state index contributed by atoms with van der Waals surface area (Å²) >= 11 is 3.38. The van der Waals surface area contributed by atoms with E-state index in [1.807, 2.05) is 19.1 Å². The van der Waals surface area contributed by atoms with E-state index in [1.165, 1.54) is 12.1 Å². The van der Waals surface area contributed by atoms with Crippen molar-refractivity contribution in [3.8, 4) is 0 Å². The Hall–Kier alpha value is -2.41. The van der Waals surface area contributed by atoms with Gasteiger partial charge in [-0.1, -0.05) is 15.9 Å². The number of hydrogen-bond donors (Lipinski definition) is 2. The van der Waals surface area contributed by atoms with Gasteiger partial charge in [-0.25, -0.2) is 4.79 Å². The summed E-state index contributed by atoms with van der Waals surface area (Å²) in [6, 6.07) is 9.18. The molecule has 21 heavy (non-hydrogen) atoms. The Labute approximate surface area is 128 Å². The zero-order valence-electron chi connectivity index (χ0n) is 11.0. The number of halogens is 1. The van der Waals surface area contributed by atoms with Crippen LogP contribution in [0.25, 0.3) is 0 Å². The first-order chi connectivity index (χ1) is 9.88. The number of aryl methyl sites for hydroxylation is 1. The third-order valence-electron chi connectivity index (χ3n) is 2.88. The molecule has 0 aromatic heterocycles. The molecule has 0 aliphatic heterocycles. The van der Waals surface area contributed by atoms with Gasteiger partial charge in [0.2, 0.25) is 0 Å². The minimum atomic E-state index is -1.20. The highest BCUT2D eigenvalue weighted by atomic mass is 79.9. The molecule has 108 valence electrons. The van der Waals surface area contributed by atoms with E-state index in [4.69, 9.17) is 5.11 Å². The molecular weight excluding hydrogens is 340 g/mol. The van der Waals surface area contributed by atoms with Crippen molar-refractivity contribution in [1.29, 1.82) is 0 Å². The van der Waals surface area contributed by atoms with Gasteiger partial charge in [0, 0.05) is 16.2 Å². The summed E-state index contributed by atoms with van der Waals surface area (Å²) in [5.41, 5.74) is 1.49. The second-order valence-electron chi connectivity index (χ2n) is 4.38. The van der Waals surface area contributed by atoms with E-state index in [9.17, 15) is 14.9 Å². The fourth-order valence-corrected chi connectivity index (χ4v) is 2.05. The van der Waals surface area contributed by atoms with Crippen molar-refractivity contribution in [2.45, 2.75) is 6.92 Å². The number of carboxylic acids is 1. The molecule has 0 saturated carbocycles. The third kappa shape index (κ3) is 3.38. The lowest BCUT2D eigenvalue weighted by Crippen LogP contribution is -2.01. The molecule has 2 aromatic carbocycles. The summed E-state index contributed by atoms with van der Waals surface area (Å²) in [7, 11) is 0. The zero-order chi connectivity index (χ0) is 15.6. The normalized spacial score (nSPS) is 10.2. The van der Waals surface area contributed by atoms with Crippen molar-refractivity contribution in [3.63, 3.8) is 0 Å². The minimum Gasteiger partial charge on any atom is -0.478 e. The molecule has 0 heterocycles. The largest absolute Gasteiger partial charge is 0.478 e. The van der Waals surface area contributed by atoms with Crippen LogP contribution in [-0.4, -0.2) is 16.0 Å². The van der Waals surface area contributed by atoms with Crippen LogP contribution in [0.5, 0.6) is 0 Å². The standard InChI is InChI=1S/C14H11BrN2O4/c1-8-6-10(3-4-11(8)15)16-12-5-2-9(14(18)19)7-13(12)17(20)21/h2-7,16H,1H3,(H,18,19). The maximum atomic E-state index is 11.1. The SMILES string of the molecule is Cc1cc(Nc2ccc(C(=O)O)cc2[N+](=O)[O-])ccc1Br. The Morgan fingerprint density at radius 3 is 2.57 bits per heavy atom. The fourth-order valence-electron chi connectivity index (χ4n) is 1.80.